The second kappa shape index (κ2) is 10.7. The molecule has 2 aromatic carbocycles. The molecule has 0 spiro atoms. The fourth-order valence-electron chi connectivity index (χ4n) is 4.80. The lowest BCUT2D eigenvalue weighted by molar-refractivity contribution is -0.333. The van der Waals surface area contributed by atoms with Crippen LogP contribution in [0.4, 0.5) is 37.6 Å². The van der Waals surface area contributed by atoms with E-state index in [2.05, 4.69) is 49.2 Å². The minimum Gasteiger partial charge on any atom is -0.493 e. The lowest BCUT2D eigenvalue weighted by Crippen LogP contribution is -2.48. The van der Waals surface area contributed by atoms with Crippen molar-refractivity contribution in [2.75, 3.05) is 48.8 Å². The van der Waals surface area contributed by atoms with E-state index < -0.39 is 23.1 Å². The van der Waals surface area contributed by atoms with E-state index in [1.807, 2.05) is 18.2 Å². The number of H-pyrrole nitrogens is 2. The summed E-state index contributed by atoms with van der Waals surface area (Å²) in [5.41, 5.74) is 7.08. The molecule has 1 aliphatic rings. The normalized spacial score (nSPS) is 14.2. The van der Waals surface area contributed by atoms with Gasteiger partial charge in [0.15, 0.2) is 5.75 Å². The van der Waals surface area contributed by atoms with Gasteiger partial charge in [-0.3, -0.25) is 20.0 Å². The minimum absolute atomic E-state index is 0.133. The van der Waals surface area contributed by atoms with Crippen molar-refractivity contribution >= 4 is 45.8 Å². The smallest absolute Gasteiger partial charge is 0.351 e. The number of benzene rings is 2. The zero-order chi connectivity index (χ0) is 27.7. The molecule has 10 nitrogen and oxygen atoms in total. The highest BCUT2D eigenvalue weighted by atomic mass is 19.1. The molecule has 204 valence electrons. The van der Waals surface area contributed by atoms with E-state index in [4.69, 9.17) is 10.5 Å². The molecule has 4 aromatic rings. The molecule has 2 aromatic heterocycles. The third-order valence-corrected chi connectivity index (χ3v) is 6.87. The molecular weight excluding hydrogens is 506 g/mol. The van der Waals surface area contributed by atoms with Crippen LogP contribution in [0.25, 0.3) is 11.0 Å². The van der Waals surface area contributed by atoms with Gasteiger partial charge in [0.1, 0.15) is 17.3 Å². The first kappa shape index (κ1) is 26.2. The minimum atomic E-state index is -1.06. The van der Waals surface area contributed by atoms with Crippen LogP contribution in [0.3, 0.4) is 0 Å². The number of rotatable bonds is 8. The molecular formula is C27H31F2N8O2+. The van der Waals surface area contributed by atoms with Crippen LogP contribution in [-0.4, -0.2) is 60.1 Å². The molecule has 39 heavy (non-hydrogen) atoms. The molecule has 6 N–H and O–H groups in total. The molecule has 0 saturated carbocycles. The number of ether oxygens (including phenoxy) is 1. The van der Waals surface area contributed by atoms with E-state index in [0.717, 1.165) is 37.9 Å². The number of nitrogens with zero attached hydrogens (tertiary/aromatic N) is 3. The fraction of sp³-hybridized carbons (Fsp3) is 0.296. The van der Waals surface area contributed by atoms with Crippen LogP contribution < -0.4 is 31.0 Å². The Balaban J connectivity index is 1.43. The number of anilines is 5. The Morgan fingerprint density at radius 3 is 2.56 bits per heavy atom. The summed E-state index contributed by atoms with van der Waals surface area (Å²) in [6, 6.07) is 9.78. The van der Waals surface area contributed by atoms with E-state index in [9.17, 15) is 13.6 Å². The van der Waals surface area contributed by atoms with Crippen LogP contribution in [0.1, 0.15) is 24.2 Å². The molecule has 5 rings (SSSR count). The third-order valence-electron chi connectivity index (χ3n) is 6.87. The molecule has 1 fully saturated rings. The summed E-state index contributed by atoms with van der Waals surface area (Å²) >= 11 is 0. The number of aromatic nitrogens is 3. The van der Waals surface area contributed by atoms with E-state index in [1.54, 1.807) is 19.4 Å². The van der Waals surface area contributed by atoms with Crippen LogP contribution in [-0.2, 0) is 0 Å². The van der Waals surface area contributed by atoms with Crippen LogP contribution in [0, 0.1) is 11.6 Å². The summed E-state index contributed by atoms with van der Waals surface area (Å²) < 4.78 is 34.0. The van der Waals surface area contributed by atoms with Gasteiger partial charge in [0.2, 0.25) is 11.5 Å². The number of carbonyl (C=O) groups excluding carboxylic acids is 1. The van der Waals surface area contributed by atoms with Crippen molar-refractivity contribution in [3.8, 4) is 5.75 Å². The predicted molar refractivity (Wildman–Crippen MR) is 146 cm³/mol. The standard InChI is InChI=1S/C27H30F2N8O2/c1-15(2)36-8-10-37(11-9-36)17-4-5-20(22(14-17)39-3)33-27-34-25-18(6-7-31-25)26(35-27)32-21-13-16(28)12-19(29)23(21)24(30)38/h4-7,12-15H,8-11H2,1-3H3,(H2,30,38)(H3,31,32,33,34,35)/p+1. The van der Waals surface area contributed by atoms with Crippen molar-refractivity contribution in [3.63, 3.8) is 0 Å². The highest BCUT2D eigenvalue weighted by Crippen LogP contribution is 2.33. The average Bonchev–Trinajstić information content (AvgIpc) is 3.37. The topological polar surface area (TPSA) is 126 Å². The molecule has 1 amide bonds. The maximum absolute atomic E-state index is 14.3. The number of fused-ring (bicyclic) bond motifs is 1. The summed E-state index contributed by atoms with van der Waals surface area (Å²) in [5.74, 6) is -1.76. The second-order valence-electron chi connectivity index (χ2n) is 9.63. The van der Waals surface area contributed by atoms with Gasteiger partial charge in [-0.05, 0) is 38.1 Å². The Morgan fingerprint density at radius 2 is 1.87 bits per heavy atom. The number of aromatic amines is 2. The Bertz CT molecular complexity index is 1520. The fourth-order valence-corrected chi connectivity index (χ4v) is 4.80. The summed E-state index contributed by atoms with van der Waals surface area (Å²) in [5, 5.41) is 6.70. The largest absolute Gasteiger partial charge is 0.493 e. The average molecular weight is 538 g/mol. The molecule has 0 radical (unpaired) electrons. The number of carbonyl (C=O) groups is 1. The van der Waals surface area contributed by atoms with Crippen molar-refractivity contribution in [1.29, 1.82) is 0 Å². The monoisotopic (exact) mass is 537 g/mol. The Morgan fingerprint density at radius 1 is 1.10 bits per heavy atom. The lowest BCUT2D eigenvalue weighted by atomic mass is 10.1. The maximum atomic E-state index is 14.3. The van der Waals surface area contributed by atoms with Crippen molar-refractivity contribution < 1.29 is 23.3 Å². The number of hydrogen-bond donors (Lipinski definition) is 4. The van der Waals surface area contributed by atoms with Crippen molar-refractivity contribution in [2.24, 2.45) is 5.73 Å². The molecule has 0 aliphatic carbocycles. The first-order valence-electron chi connectivity index (χ1n) is 12.6. The van der Waals surface area contributed by atoms with Crippen molar-refractivity contribution in [2.45, 2.75) is 19.9 Å². The van der Waals surface area contributed by atoms with Crippen LogP contribution in [0.5, 0.6) is 5.75 Å². The molecule has 3 heterocycles. The van der Waals surface area contributed by atoms with Gasteiger partial charge in [-0.1, -0.05) is 4.98 Å². The van der Waals surface area contributed by atoms with Crippen molar-refractivity contribution in [1.82, 2.24) is 14.9 Å². The number of amides is 1. The number of nitrogens with one attached hydrogen (secondary N) is 4. The lowest BCUT2D eigenvalue weighted by Gasteiger charge is -2.38. The molecule has 0 atom stereocenters. The van der Waals surface area contributed by atoms with Gasteiger partial charge in [-0.15, -0.1) is 0 Å². The number of nitrogens with two attached hydrogens (primary N) is 1. The highest BCUT2D eigenvalue weighted by Gasteiger charge is 2.23. The first-order chi connectivity index (χ1) is 18.7. The summed E-state index contributed by atoms with van der Waals surface area (Å²) in [4.78, 5) is 27.5. The van der Waals surface area contributed by atoms with Gasteiger partial charge in [0.05, 0.1) is 23.7 Å². The van der Waals surface area contributed by atoms with Crippen LogP contribution in [0.2, 0.25) is 0 Å². The number of primary amides is 1. The molecule has 0 bridgehead atoms. The number of methoxy groups -OCH3 is 1. The van der Waals surface area contributed by atoms with Crippen molar-refractivity contribution in [3.05, 3.63) is 59.8 Å². The van der Waals surface area contributed by atoms with Gasteiger partial charge in [0, 0.05) is 56.2 Å². The van der Waals surface area contributed by atoms with E-state index in [0.29, 0.717) is 40.5 Å². The zero-order valence-corrected chi connectivity index (χ0v) is 21.9. The summed E-state index contributed by atoms with van der Waals surface area (Å²) in [6.45, 7) is 8.27. The van der Waals surface area contributed by atoms with E-state index in [-0.39, 0.29) is 11.5 Å². The number of hydrogen-bond acceptors (Lipinski definition) is 7. The Labute approximate surface area is 224 Å². The SMILES string of the molecule is COc1cc(N2CCN(C(C)C)CC2)ccc1Nc1nc(Nc2cc(F)cc(F)c2C(N)=O)c2cc[nH]c2[nH+]1. The zero-order valence-electron chi connectivity index (χ0n) is 21.9. The highest BCUT2D eigenvalue weighted by molar-refractivity contribution is 6.00. The maximum Gasteiger partial charge on any atom is 0.351 e. The van der Waals surface area contributed by atoms with Gasteiger partial charge >= 0.3 is 5.95 Å². The van der Waals surface area contributed by atoms with Crippen LogP contribution in [0.15, 0.2) is 42.6 Å². The molecule has 1 saturated heterocycles. The second-order valence-corrected chi connectivity index (χ2v) is 9.63. The third kappa shape index (κ3) is 5.41. The summed E-state index contributed by atoms with van der Waals surface area (Å²) in [7, 11) is 1.60. The van der Waals surface area contributed by atoms with E-state index >= 15 is 0 Å². The van der Waals surface area contributed by atoms with Gasteiger partial charge in [-0.2, -0.15) is 0 Å². The van der Waals surface area contributed by atoms with Gasteiger partial charge < -0.3 is 20.7 Å². The molecule has 12 heteroatoms. The predicted octanol–water partition coefficient (Wildman–Crippen LogP) is 3.78. The van der Waals surface area contributed by atoms with Gasteiger partial charge in [0.25, 0.3) is 5.91 Å². The molecule has 0 unspecified atom stereocenters. The molecule has 1 aliphatic heterocycles. The summed E-state index contributed by atoms with van der Waals surface area (Å²) in [6.07, 6.45) is 1.69. The number of piperazine rings is 1. The van der Waals surface area contributed by atoms with Crippen LogP contribution >= 0.6 is 0 Å². The Kier molecular flexibility index (Phi) is 7.20. The number of halogens is 2. The van der Waals surface area contributed by atoms with Gasteiger partial charge in [-0.25, -0.2) is 13.8 Å². The first-order valence-corrected chi connectivity index (χ1v) is 12.6. The Hall–Kier alpha value is -4.45. The van der Waals surface area contributed by atoms with E-state index in [1.165, 1.54) is 0 Å². The quantitative estimate of drug-likeness (QED) is 0.270.